The zero-order valence-electron chi connectivity index (χ0n) is 24.9. The van der Waals surface area contributed by atoms with Crippen LogP contribution in [-0.2, 0) is 19.1 Å². The summed E-state index contributed by atoms with van der Waals surface area (Å²) in [5.41, 5.74) is 0.816. The second-order valence-electron chi connectivity index (χ2n) is 10.9. The molecule has 0 spiro atoms. The first kappa shape index (κ1) is 34.2. The minimum absolute atomic E-state index is 0.0403. The van der Waals surface area contributed by atoms with Gasteiger partial charge in [-0.2, -0.15) is 0 Å². The number of esters is 2. The predicted octanol–water partition coefficient (Wildman–Crippen LogP) is 10.1. The van der Waals surface area contributed by atoms with Crippen LogP contribution in [0.3, 0.4) is 0 Å². The molecule has 1 aromatic rings. The normalized spacial score (nSPS) is 11.8. The van der Waals surface area contributed by atoms with Gasteiger partial charge in [0.15, 0.2) is 0 Å². The molecular formula is C34H58O4. The topological polar surface area (TPSA) is 52.6 Å². The van der Waals surface area contributed by atoms with Crippen molar-refractivity contribution in [2.75, 3.05) is 13.2 Å². The van der Waals surface area contributed by atoms with Gasteiger partial charge in [0.2, 0.25) is 0 Å². The molecule has 0 amide bonds. The van der Waals surface area contributed by atoms with Crippen molar-refractivity contribution in [2.45, 2.75) is 155 Å². The molecule has 0 aliphatic rings. The van der Waals surface area contributed by atoms with Crippen LogP contribution in [0, 0.1) is 0 Å². The second kappa shape index (κ2) is 25.4. The average molecular weight is 531 g/mol. The van der Waals surface area contributed by atoms with E-state index in [1.807, 2.05) is 30.3 Å². The van der Waals surface area contributed by atoms with Crippen LogP contribution in [0.15, 0.2) is 30.3 Å². The van der Waals surface area contributed by atoms with E-state index in [4.69, 9.17) is 9.47 Å². The highest BCUT2D eigenvalue weighted by Crippen LogP contribution is 2.22. The van der Waals surface area contributed by atoms with Crippen molar-refractivity contribution >= 4 is 11.9 Å². The van der Waals surface area contributed by atoms with Crippen molar-refractivity contribution in [1.29, 1.82) is 0 Å². The number of benzene rings is 1. The van der Waals surface area contributed by atoms with Gasteiger partial charge in [-0.15, -0.1) is 0 Å². The molecule has 0 N–H and O–H groups in total. The molecule has 0 heterocycles. The molecule has 218 valence electrons. The van der Waals surface area contributed by atoms with Crippen molar-refractivity contribution in [3.63, 3.8) is 0 Å². The van der Waals surface area contributed by atoms with E-state index >= 15 is 0 Å². The lowest BCUT2D eigenvalue weighted by molar-refractivity contribution is -0.152. The maximum absolute atomic E-state index is 12.9. The molecule has 4 heteroatoms. The Morgan fingerprint density at radius 3 is 1.39 bits per heavy atom. The fraction of sp³-hybridized carbons (Fsp3) is 0.765. The van der Waals surface area contributed by atoms with Gasteiger partial charge in [0, 0.05) is 0 Å². The summed E-state index contributed by atoms with van der Waals surface area (Å²) in [4.78, 5) is 25.4. The molecule has 0 aliphatic heterocycles. The zero-order chi connectivity index (χ0) is 27.5. The van der Waals surface area contributed by atoms with E-state index in [2.05, 4.69) is 13.8 Å². The molecule has 1 atom stereocenters. The summed E-state index contributed by atoms with van der Waals surface area (Å²) < 4.78 is 11.1. The number of carbonyl (C=O) groups is 2. The number of carbonyl (C=O) groups excluding carboxylic acids is 2. The highest BCUT2D eigenvalue weighted by molar-refractivity contribution is 5.84. The average Bonchev–Trinajstić information content (AvgIpc) is 2.93. The molecule has 1 aromatic carbocycles. The first-order chi connectivity index (χ1) is 18.7. The zero-order valence-corrected chi connectivity index (χ0v) is 24.9. The van der Waals surface area contributed by atoms with Crippen LogP contribution in [0.2, 0.25) is 0 Å². The van der Waals surface area contributed by atoms with Crippen molar-refractivity contribution in [3.8, 4) is 0 Å². The molecule has 0 aliphatic carbocycles. The molecule has 1 rings (SSSR count). The van der Waals surface area contributed by atoms with Gasteiger partial charge in [-0.3, -0.25) is 9.59 Å². The molecule has 1 unspecified atom stereocenters. The molecule has 0 saturated heterocycles. The van der Waals surface area contributed by atoms with Gasteiger partial charge in [0.1, 0.15) is 0 Å². The van der Waals surface area contributed by atoms with Crippen LogP contribution >= 0.6 is 0 Å². The Labute approximate surface area is 234 Å². The molecule has 0 fully saturated rings. The minimum Gasteiger partial charge on any atom is -0.466 e. The quantitative estimate of drug-likeness (QED) is 0.0883. The number of rotatable bonds is 26. The van der Waals surface area contributed by atoms with E-state index in [0.29, 0.717) is 13.2 Å². The van der Waals surface area contributed by atoms with Crippen molar-refractivity contribution < 1.29 is 19.1 Å². The van der Waals surface area contributed by atoms with Crippen LogP contribution in [0.5, 0.6) is 0 Å². The van der Waals surface area contributed by atoms with Gasteiger partial charge in [0.25, 0.3) is 0 Å². The van der Waals surface area contributed by atoms with Crippen LogP contribution < -0.4 is 0 Å². The molecule has 0 saturated carbocycles. The smallest absolute Gasteiger partial charge is 0.314 e. The SMILES string of the molecule is CCCCCCCCCCCCOC(=O)CC(C(=O)OCCCCCCCCCCCC)c1ccccc1. The Kier molecular flexibility index (Phi) is 22.9. The maximum Gasteiger partial charge on any atom is 0.314 e. The Morgan fingerprint density at radius 1 is 0.553 bits per heavy atom. The number of unbranched alkanes of at least 4 members (excludes halogenated alkanes) is 18. The van der Waals surface area contributed by atoms with E-state index in [1.165, 1.54) is 103 Å². The summed E-state index contributed by atoms with van der Waals surface area (Å²) in [6.45, 7) is 5.36. The summed E-state index contributed by atoms with van der Waals surface area (Å²) in [5, 5.41) is 0. The number of hydrogen-bond acceptors (Lipinski definition) is 4. The van der Waals surface area contributed by atoms with Crippen LogP contribution in [0.4, 0.5) is 0 Å². The maximum atomic E-state index is 12.9. The van der Waals surface area contributed by atoms with Gasteiger partial charge in [-0.25, -0.2) is 0 Å². The van der Waals surface area contributed by atoms with Crippen molar-refractivity contribution in [3.05, 3.63) is 35.9 Å². The molecule has 0 bridgehead atoms. The van der Waals surface area contributed by atoms with Crippen LogP contribution in [0.25, 0.3) is 0 Å². The molecule has 4 nitrogen and oxygen atoms in total. The summed E-state index contributed by atoms with van der Waals surface area (Å²) in [7, 11) is 0. The van der Waals surface area contributed by atoms with E-state index in [9.17, 15) is 9.59 Å². The minimum atomic E-state index is -0.598. The third-order valence-electron chi connectivity index (χ3n) is 7.36. The van der Waals surface area contributed by atoms with Crippen molar-refractivity contribution in [1.82, 2.24) is 0 Å². The summed E-state index contributed by atoms with van der Waals surface area (Å²) in [6.07, 6.45) is 24.9. The lowest BCUT2D eigenvalue weighted by atomic mass is 9.96. The van der Waals surface area contributed by atoms with E-state index < -0.39 is 5.92 Å². The third-order valence-corrected chi connectivity index (χ3v) is 7.36. The van der Waals surface area contributed by atoms with Crippen LogP contribution in [-0.4, -0.2) is 25.2 Å². The molecule has 38 heavy (non-hydrogen) atoms. The molecule has 0 radical (unpaired) electrons. The Bertz CT molecular complexity index is 672. The second-order valence-corrected chi connectivity index (χ2v) is 10.9. The van der Waals surface area contributed by atoms with E-state index in [0.717, 1.165) is 31.2 Å². The standard InChI is InChI=1S/C34H58O4/c1-3-5-7-9-11-13-15-17-19-24-28-37-33(35)30-32(31-26-22-21-23-27-31)34(36)38-29-25-20-18-16-14-12-10-8-6-4-2/h21-23,26-27,32H,3-20,24-25,28-30H2,1-2H3. The van der Waals surface area contributed by atoms with E-state index in [1.54, 1.807) is 0 Å². The fourth-order valence-corrected chi connectivity index (χ4v) is 4.89. The largest absolute Gasteiger partial charge is 0.466 e. The van der Waals surface area contributed by atoms with Gasteiger partial charge in [-0.05, 0) is 18.4 Å². The number of hydrogen-bond donors (Lipinski definition) is 0. The Balaban J connectivity index is 2.21. The highest BCUT2D eigenvalue weighted by atomic mass is 16.5. The first-order valence-electron chi connectivity index (χ1n) is 16.1. The van der Waals surface area contributed by atoms with Crippen LogP contribution in [0.1, 0.15) is 160 Å². The van der Waals surface area contributed by atoms with Crippen molar-refractivity contribution in [2.24, 2.45) is 0 Å². The molecular weight excluding hydrogens is 472 g/mol. The lowest BCUT2D eigenvalue weighted by Gasteiger charge is -2.16. The predicted molar refractivity (Wildman–Crippen MR) is 159 cm³/mol. The molecule has 0 aromatic heterocycles. The summed E-state index contributed by atoms with van der Waals surface area (Å²) in [5.74, 6) is -1.23. The summed E-state index contributed by atoms with van der Waals surface area (Å²) in [6, 6.07) is 9.49. The van der Waals surface area contributed by atoms with E-state index in [-0.39, 0.29) is 18.4 Å². The van der Waals surface area contributed by atoms with Gasteiger partial charge < -0.3 is 9.47 Å². The lowest BCUT2D eigenvalue weighted by Crippen LogP contribution is -2.21. The fourth-order valence-electron chi connectivity index (χ4n) is 4.89. The third kappa shape index (κ3) is 19.3. The Hall–Kier alpha value is -1.84. The van der Waals surface area contributed by atoms with Gasteiger partial charge >= 0.3 is 11.9 Å². The monoisotopic (exact) mass is 530 g/mol. The number of ether oxygens (including phenoxy) is 2. The van der Waals surface area contributed by atoms with Gasteiger partial charge in [-0.1, -0.05) is 160 Å². The highest BCUT2D eigenvalue weighted by Gasteiger charge is 2.26. The van der Waals surface area contributed by atoms with Gasteiger partial charge in [0.05, 0.1) is 25.6 Å². The Morgan fingerprint density at radius 2 is 0.947 bits per heavy atom. The first-order valence-corrected chi connectivity index (χ1v) is 16.1. The summed E-state index contributed by atoms with van der Waals surface area (Å²) >= 11 is 0.